The zero-order valence-electron chi connectivity index (χ0n) is 13.5. The van der Waals surface area contributed by atoms with E-state index in [4.69, 9.17) is 9.26 Å². The first-order valence-electron chi connectivity index (χ1n) is 8.36. The SMILES string of the molecule is CC(C)c1nc([C@H]2CCCN(C(=O)C[C@H]3CCCO3)C2)no1. The van der Waals surface area contributed by atoms with Gasteiger partial charge in [-0.1, -0.05) is 19.0 Å². The Balaban J connectivity index is 1.59. The normalized spacial score (nSPS) is 25.9. The van der Waals surface area contributed by atoms with Gasteiger partial charge in [-0.05, 0) is 25.7 Å². The Kier molecular flexibility index (Phi) is 4.76. The van der Waals surface area contributed by atoms with Crippen molar-refractivity contribution in [2.24, 2.45) is 0 Å². The number of nitrogens with zero attached hydrogens (tertiary/aromatic N) is 3. The number of ether oxygens (including phenoxy) is 1. The van der Waals surface area contributed by atoms with Gasteiger partial charge in [-0.2, -0.15) is 4.98 Å². The summed E-state index contributed by atoms with van der Waals surface area (Å²) in [5, 5.41) is 4.11. The van der Waals surface area contributed by atoms with Crippen molar-refractivity contribution in [3.05, 3.63) is 11.7 Å². The summed E-state index contributed by atoms with van der Waals surface area (Å²) in [5.74, 6) is 2.06. The molecule has 2 fully saturated rings. The van der Waals surface area contributed by atoms with Crippen molar-refractivity contribution in [2.45, 2.75) is 63.9 Å². The van der Waals surface area contributed by atoms with Gasteiger partial charge in [0.2, 0.25) is 11.8 Å². The minimum atomic E-state index is 0.116. The highest BCUT2D eigenvalue weighted by atomic mass is 16.5. The van der Waals surface area contributed by atoms with Crippen molar-refractivity contribution in [1.82, 2.24) is 15.0 Å². The molecule has 0 aliphatic carbocycles. The fourth-order valence-electron chi connectivity index (χ4n) is 3.19. The summed E-state index contributed by atoms with van der Waals surface area (Å²) >= 11 is 0. The molecule has 22 heavy (non-hydrogen) atoms. The van der Waals surface area contributed by atoms with Crippen LogP contribution in [0, 0.1) is 0 Å². The van der Waals surface area contributed by atoms with Crippen LogP contribution in [0.15, 0.2) is 4.52 Å². The van der Waals surface area contributed by atoms with Crippen LogP contribution >= 0.6 is 0 Å². The second-order valence-electron chi connectivity index (χ2n) is 6.66. The first-order valence-corrected chi connectivity index (χ1v) is 8.36. The van der Waals surface area contributed by atoms with E-state index in [1.165, 1.54) is 0 Å². The highest BCUT2D eigenvalue weighted by Gasteiger charge is 2.30. The molecule has 6 nitrogen and oxygen atoms in total. The highest BCUT2D eigenvalue weighted by Crippen LogP contribution is 2.27. The number of carbonyl (C=O) groups is 1. The van der Waals surface area contributed by atoms with Crippen LogP contribution in [0.2, 0.25) is 0 Å². The van der Waals surface area contributed by atoms with Crippen LogP contribution in [-0.4, -0.2) is 46.7 Å². The van der Waals surface area contributed by atoms with E-state index in [1.54, 1.807) is 0 Å². The lowest BCUT2D eigenvalue weighted by Gasteiger charge is -2.32. The van der Waals surface area contributed by atoms with Crippen LogP contribution in [0.1, 0.15) is 69.5 Å². The van der Waals surface area contributed by atoms with Crippen molar-refractivity contribution < 1.29 is 14.1 Å². The number of aromatic nitrogens is 2. The smallest absolute Gasteiger partial charge is 0.229 e. The van der Waals surface area contributed by atoms with Crippen molar-refractivity contribution in [1.29, 1.82) is 0 Å². The molecule has 122 valence electrons. The molecule has 3 rings (SSSR count). The third-order valence-electron chi connectivity index (χ3n) is 4.52. The summed E-state index contributed by atoms with van der Waals surface area (Å²) in [4.78, 5) is 18.9. The molecule has 0 unspecified atom stereocenters. The Labute approximate surface area is 131 Å². The van der Waals surface area contributed by atoms with Crippen molar-refractivity contribution in [3.63, 3.8) is 0 Å². The molecule has 3 heterocycles. The fourth-order valence-corrected chi connectivity index (χ4v) is 3.19. The van der Waals surface area contributed by atoms with Gasteiger partial charge in [0.1, 0.15) is 0 Å². The van der Waals surface area contributed by atoms with E-state index in [-0.39, 0.29) is 23.8 Å². The largest absolute Gasteiger partial charge is 0.378 e. The monoisotopic (exact) mass is 307 g/mol. The minimum Gasteiger partial charge on any atom is -0.378 e. The number of amides is 1. The number of rotatable bonds is 4. The molecule has 0 bridgehead atoms. The summed E-state index contributed by atoms with van der Waals surface area (Å²) in [7, 11) is 0. The Morgan fingerprint density at radius 3 is 2.91 bits per heavy atom. The zero-order chi connectivity index (χ0) is 15.5. The summed E-state index contributed by atoms with van der Waals surface area (Å²) in [6.45, 7) is 6.40. The zero-order valence-corrected chi connectivity index (χ0v) is 13.5. The average Bonchev–Trinajstić information content (AvgIpc) is 3.18. The van der Waals surface area contributed by atoms with E-state index >= 15 is 0 Å². The molecule has 6 heteroatoms. The number of piperidine rings is 1. The van der Waals surface area contributed by atoms with Gasteiger partial charge in [0, 0.05) is 31.5 Å². The first kappa shape index (κ1) is 15.5. The van der Waals surface area contributed by atoms with E-state index in [0.717, 1.165) is 44.7 Å². The van der Waals surface area contributed by atoms with Crippen LogP contribution in [0.5, 0.6) is 0 Å². The summed E-state index contributed by atoms with van der Waals surface area (Å²) < 4.78 is 10.9. The molecule has 1 aromatic rings. The maximum Gasteiger partial charge on any atom is 0.229 e. The van der Waals surface area contributed by atoms with Crippen LogP contribution in [0.4, 0.5) is 0 Å². The van der Waals surface area contributed by atoms with Gasteiger partial charge >= 0.3 is 0 Å². The molecule has 0 spiro atoms. The molecule has 0 aromatic carbocycles. The van der Waals surface area contributed by atoms with Crippen LogP contribution in [0.25, 0.3) is 0 Å². The Hall–Kier alpha value is -1.43. The average molecular weight is 307 g/mol. The standard InChI is InChI=1S/C16H25N3O3/c1-11(2)16-17-15(18-22-16)12-5-3-7-19(10-12)14(20)9-13-6-4-8-21-13/h11-13H,3-10H2,1-2H3/t12-,13+/m0/s1. The Morgan fingerprint density at radius 2 is 2.23 bits per heavy atom. The number of hydrogen-bond donors (Lipinski definition) is 0. The van der Waals surface area contributed by atoms with Crippen LogP contribution in [-0.2, 0) is 9.53 Å². The van der Waals surface area contributed by atoms with Crippen LogP contribution < -0.4 is 0 Å². The predicted octanol–water partition coefficient (Wildman–Crippen LogP) is 2.47. The molecule has 2 atom stereocenters. The molecule has 1 amide bonds. The summed E-state index contributed by atoms with van der Waals surface area (Å²) in [6.07, 6.45) is 4.71. The predicted molar refractivity (Wildman–Crippen MR) is 80.5 cm³/mol. The summed E-state index contributed by atoms with van der Waals surface area (Å²) in [6, 6.07) is 0. The van der Waals surface area contributed by atoms with Gasteiger partial charge in [0.05, 0.1) is 12.5 Å². The van der Waals surface area contributed by atoms with Gasteiger partial charge in [-0.25, -0.2) is 0 Å². The van der Waals surface area contributed by atoms with Gasteiger partial charge in [0.25, 0.3) is 0 Å². The van der Waals surface area contributed by atoms with Crippen molar-refractivity contribution in [2.75, 3.05) is 19.7 Å². The molecule has 2 saturated heterocycles. The first-order chi connectivity index (χ1) is 10.6. The molecule has 2 aliphatic heterocycles. The van der Waals surface area contributed by atoms with Crippen molar-refractivity contribution in [3.8, 4) is 0 Å². The Bertz CT molecular complexity index is 508. The van der Waals surface area contributed by atoms with E-state index < -0.39 is 0 Å². The highest BCUT2D eigenvalue weighted by molar-refractivity contribution is 5.76. The van der Waals surface area contributed by atoms with Crippen LogP contribution in [0.3, 0.4) is 0 Å². The molecule has 0 saturated carbocycles. The number of carbonyl (C=O) groups excluding carboxylic acids is 1. The second-order valence-corrected chi connectivity index (χ2v) is 6.66. The van der Waals surface area contributed by atoms with Gasteiger partial charge in [-0.3, -0.25) is 4.79 Å². The van der Waals surface area contributed by atoms with E-state index in [2.05, 4.69) is 10.1 Å². The Morgan fingerprint density at radius 1 is 1.36 bits per heavy atom. The molecule has 0 radical (unpaired) electrons. The molecular weight excluding hydrogens is 282 g/mol. The van der Waals surface area contributed by atoms with E-state index in [9.17, 15) is 4.79 Å². The maximum atomic E-state index is 12.4. The molecule has 0 N–H and O–H groups in total. The molecule has 2 aliphatic rings. The van der Waals surface area contributed by atoms with E-state index in [1.807, 2.05) is 18.7 Å². The van der Waals surface area contributed by atoms with E-state index in [0.29, 0.717) is 18.9 Å². The minimum absolute atomic E-state index is 0.116. The molecule has 1 aromatic heterocycles. The fraction of sp³-hybridized carbons (Fsp3) is 0.812. The van der Waals surface area contributed by atoms with Gasteiger partial charge in [-0.15, -0.1) is 0 Å². The topological polar surface area (TPSA) is 68.5 Å². The van der Waals surface area contributed by atoms with Gasteiger partial charge in [0.15, 0.2) is 5.82 Å². The second kappa shape index (κ2) is 6.77. The lowest BCUT2D eigenvalue weighted by atomic mass is 9.96. The third-order valence-corrected chi connectivity index (χ3v) is 4.52. The van der Waals surface area contributed by atoms with Gasteiger partial charge < -0.3 is 14.2 Å². The lowest BCUT2D eigenvalue weighted by molar-refractivity contribution is -0.134. The summed E-state index contributed by atoms with van der Waals surface area (Å²) in [5.41, 5.74) is 0. The maximum absolute atomic E-state index is 12.4. The molecular formula is C16H25N3O3. The third kappa shape index (κ3) is 3.48. The number of hydrogen-bond acceptors (Lipinski definition) is 5. The quantitative estimate of drug-likeness (QED) is 0.854. The lowest BCUT2D eigenvalue weighted by Crippen LogP contribution is -2.40. The number of likely N-dealkylation sites (tertiary alicyclic amines) is 1. The van der Waals surface area contributed by atoms with Crippen molar-refractivity contribution >= 4 is 5.91 Å².